The summed E-state index contributed by atoms with van der Waals surface area (Å²) in [6.45, 7) is 24.8. The predicted octanol–water partition coefficient (Wildman–Crippen LogP) is 18.8. The summed E-state index contributed by atoms with van der Waals surface area (Å²) in [4.78, 5) is 0. The van der Waals surface area contributed by atoms with Crippen molar-refractivity contribution in [3.63, 3.8) is 0 Å². The molecular formula is C67H68F4O4. The van der Waals surface area contributed by atoms with E-state index in [9.17, 15) is 10.2 Å². The fourth-order valence-corrected chi connectivity index (χ4v) is 10.1. The van der Waals surface area contributed by atoms with E-state index in [-0.39, 0.29) is 73.6 Å². The van der Waals surface area contributed by atoms with Gasteiger partial charge in [0.15, 0.2) is 0 Å². The zero-order valence-corrected chi connectivity index (χ0v) is 45.1. The second-order valence-corrected chi connectivity index (χ2v) is 23.7. The van der Waals surface area contributed by atoms with Gasteiger partial charge in [-0.3, -0.25) is 0 Å². The minimum Gasteiger partial charge on any atom is -0.507 e. The molecule has 0 spiro atoms. The first-order valence-corrected chi connectivity index (χ1v) is 25.6. The molecule has 0 saturated carbocycles. The van der Waals surface area contributed by atoms with Gasteiger partial charge < -0.3 is 19.7 Å². The Bertz CT molecular complexity index is 3290. The Balaban J connectivity index is 1.24. The molecular weight excluding hydrogens is 945 g/mol. The van der Waals surface area contributed by atoms with E-state index in [0.717, 1.165) is 33.4 Å². The first kappa shape index (κ1) is 54.0. The summed E-state index contributed by atoms with van der Waals surface area (Å²) < 4.78 is 78.4. The topological polar surface area (TPSA) is 58.9 Å². The molecule has 0 aromatic heterocycles. The van der Waals surface area contributed by atoms with Crippen LogP contribution in [0.3, 0.4) is 0 Å². The van der Waals surface area contributed by atoms with Crippen molar-refractivity contribution in [1.29, 1.82) is 0 Å². The molecule has 0 unspecified atom stereocenters. The molecule has 75 heavy (non-hydrogen) atoms. The summed E-state index contributed by atoms with van der Waals surface area (Å²) in [5, 5.41) is 24.4. The lowest BCUT2D eigenvalue weighted by Gasteiger charge is -2.31. The highest BCUT2D eigenvalue weighted by Crippen LogP contribution is 2.50. The van der Waals surface area contributed by atoms with Crippen molar-refractivity contribution < 1.29 is 37.2 Å². The molecule has 4 nitrogen and oxygen atoms in total. The van der Waals surface area contributed by atoms with Gasteiger partial charge in [-0.2, -0.15) is 0 Å². The number of halogens is 4. The van der Waals surface area contributed by atoms with Crippen molar-refractivity contribution in [1.82, 2.24) is 0 Å². The number of aromatic hydroxyl groups is 2. The first-order valence-electron chi connectivity index (χ1n) is 25.6. The molecule has 0 fully saturated rings. The van der Waals surface area contributed by atoms with Crippen LogP contribution in [0.2, 0.25) is 0 Å². The van der Waals surface area contributed by atoms with Gasteiger partial charge in [0.25, 0.3) is 0 Å². The second kappa shape index (κ2) is 20.8. The van der Waals surface area contributed by atoms with Gasteiger partial charge in [0.1, 0.15) is 58.5 Å². The van der Waals surface area contributed by atoms with Gasteiger partial charge in [-0.05, 0) is 127 Å². The number of phenols is 2. The van der Waals surface area contributed by atoms with Crippen LogP contribution in [0.25, 0.3) is 44.5 Å². The highest BCUT2D eigenvalue weighted by atomic mass is 19.1. The maximum Gasteiger partial charge on any atom is 0.131 e. The summed E-state index contributed by atoms with van der Waals surface area (Å²) >= 11 is 0. The number of phenolic OH excluding ortho intramolecular Hbond substituents is 2. The van der Waals surface area contributed by atoms with E-state index >= 15 is 17.6 Å². The third kappa shape index (κ3) is 11.7. The fraction of sp³-hybridized carbons (Fsp3) is 0.284. The van der Waals surface area contributed by atoms with Crippen LogP contribution >= 0.6 is 0 Å². The number of ether oxygens (including phenoxy) is 2. The van der Waals surface area contributed by atoms with E-state index in [2.05, 4.69) is 83.1 Å². The molecule has 8 aromatic rings. The van der Waals surface area contributed by atoms with Gasteiger partial charge in [-0.15, -0.1) is 0 Å². The summed E-state index contributed by atoms with van der Waals surface area (Å²) in [6.07, 6.45) is -1.56. The minimum absolute atomic E-state index is 0.0314. The molecule has 0 radical (unpaired) electrons. The Kier molecular flexibility index (Phi) is 14.9. The Hall–Kier alpha value is -7.32. The predicted molar refractivity (Wildman–Crippen MR) is 297 cm³/mol. The van der Waals surface area contributed by atoms with Gasteiger partial charge in [0, 0.05) is 39.8 Å². The molecule has 2 N–H and O–H groups in total. The third-order valence-electron chi connectivity index (χ3n) is 13.8. The molecule has 8 rings (SSSR count). The Morgan fingerprint density at radius 2 is 0.747 bits per heavy atom. The van der Waals surface area contributed by atoms with Crippen LogP contribution in [0.4, 0.5) is 17.6 Å². The van der Waals surface area contributed by atoms with Crippen LogP contribution in [-0.2, 0) is 21.7 Å². The van der Waals surface area contributed by atoms with E-state index < -0.39 is 46.3 Å². The lowest BCUT2D eigenvalue weighted by Crippen LogP contribution is -2.19. The average molecular weight is 1010 g/mol. The van der Waals surface area contributed by atoms with Crippen LogP contribution in [0.5, 0.6) is 23.0 Å². The normalized spacial score (nSPS) is 13.1. The number of hydrogen-bond donors (Lipinski definition) is 2. The summed E-state index contributed by atoms with van der Waals surface area (Å²) in [5.74, 6) is -2.66. The third-order valence-corrected chi connectivity index (χ3v) is 13.8. The highest BCUT2D eigenvalue weighted by Gasteiger charge is 2.32. The van der Waals surface area contributed by atoms with Gasteiger partial charge in [-0.25, -0.2) is 17.6 Å². The van der Waals surface area contributed by atoms with Crippen LogP contribution < -0.4 is 9.47 Å². The quantitative estimate of drug-likeness (QED) is 0.120. The van der Waals surface area contributed by atoms with E-state index in [1.807, 2.05) is 97.1 Å². The van der Waals surface area contributed by atoms with Crippen LogP contribution in [0.15, 0.2) is 158 Å². The van der Waals surface area contributed by atoms with Gasteiger partial charge in [-0.1, -0.05) is 180 Å². The molecule has 0 amide bonds. The molecule has 388 valence electrons. The van der Waals surface area contributed by atoms with Crippen molar-refractivity contribution in [2.75, 3.05) is 0 Å². The van der Waals surface area contributed by atoms with E-state index in [4.69, 9.17) is 9.47 Å². The maximum atomic E-state index is 17.0. The molecule has 0 aliphatic rings. The lowest BCUT2D eigenvalue weighted by atomic mass is 9.74. The van der Waals surface area contributed by atoms with E-state index in [1.54, 1.807) is 0 Å². The van der Waals surface area contributed by atoms with Crippen molar-refractivity contribution in [2.24, 2.45) is 0 Å². The molecule has 0 bridgehead atoms. The number of rotatable bonds is 12. The second-order valence-electron chi connectivity index (χ2n) is 23.7. The average Bonchev–Trinajstić information content (AvgIpc) is 3.34. The minimum atomic E-state index is -0.834. The monoisotopic (exact) mass is 1010 g/mol. The van der Waals surface area contributed by atoms with Crippen LogP contribution in [-0.4, -0.2) is 10.2 Å². The number of benzene rings is 8. The maximum absolute atomic E-state index is 17.0. The number of hydrogen-bond acceptors (Lipinski definition) is 4. The first-order chi connectivity index (χ1) is 35.2. The SMILES string of the molecule is CC(C)(C)c1cccc(C(C)(C)C)c1-c1cc(O)c(-c2cc(F)ccc2O[C@@H](C[C@@H](Oc2ccc(F)cc2-c2cc(F)cc(-c3c(C(C)(C)C)cccc3C(C)(C)C)c2O)c2ccccc2)c2ccccc2)cc1F. The van der Waals surface area contributed by atoms with E-state index in [1.165, 1.54) is 60.7 Å². The fourth-order valence-electron chi connectivity index (χ4n) is 10.1. The van der Waals surface area contributed by atoms with Crippen LogP contribution in [0.1, 0.15) is 135 Å². The van der Waals surface area contributed by atoms with Crippen LogP contribution in [0, 0.1) is 23.3 Å². The molecule has 2 atom stereocenters. The van der Waals surface area contributed by atoms with Crippen molar-refractivity contribution in [2.45, 2.75) is 123 Å². The largest absolute Gasteiger partial charge is 0.507 e. The highest BCUT2D eigenvalue weighted by molar-refractivity contribution is 5.88. The summed E-state index contributed by atoms with van der Waals surface area (Å²) in [5.41, 5.74) is 5.77. The Labute approximate surface area is 440 Å². The Morgan fingerprint density at radius 3 is 1.16 bits per heavy atom. The van der Waals surface area contributed by atoms with Gasteiger partial charge in [0.05, 0.1) is 0 Å². The van der Waals surface area contributed by atoms with Crippen molar-refractivity contribution in [3.05, 3.63) is 214 Å². The molecule has 0 aliphatic heterocycles. The zero-order chi connectivity index (χ0) is 54.4. The Morgan fingerprint density at radius 1 is 0.373 bits per heavy atom. The smallest absolute Gasteiger partial charge is 0.131 e. The van der Waals surface area contributed by atoms with Crippen molar-refractivity contribution >= 4 is 0 Å². The standard InChI is InChI=1S/C67H68F4O4/c1-64(2,3)51-25-19-26-52(65(4,5)6)61(51)49-38-56(72)45(37-55(49)71)46-33-42(68)29-31-57(46)74-59(40-21-15-13-16-22-40)39-60(41-23-17-14-18-24-41)75-58-32-30-43(69)34-47(58)48-35-44(70)36-50(63(48)73)62-53(66(7,8)9)27-20-28-54(62)67(10,11)12/h13-38,59-60,72-73H,39H2,1-12H3/t59-,60+/m0/s1. The lowest BCUT2D eigenvalue weighted by molar-refractivity contribution is 0.111. The molecule has 8 heteroatoms. The molecule has 0 saturated heterocycles. The van der Waals surface area contributed by atoms with Crippen molar-refractivity contribution in [3.8, 4) is 67.5 Å². The molecule has 0 aliphatic carbocycles. The molecule has 8 aromatic carbocycles. The van der Waals surface area contributed by atoms with Gasteiger partial charge >= 0.3 is 0 Å². The van der Waals surface area contributed by atoms with Gasteiger partial charge in [0.2, 0.25) is 0 Å². The summed E-state index contributed by atoms with van der Waals surface area (Å²) in [6, 6.07) is 43.7. The summed E-state index contributed by atoms with van der Waals surface area (Å²) in [7, 11) is 0. The van der Waals surface area contributed by atoms with E-state index in [0.29, 0.717) is 11.1 Å². The zero-order valence-electron chi connectivity index (χ0n) is 45.1. The molecule has 0 heterocycles.